The van der Waals surface area contributed by atoms with E-state index in [9.17, 15) is 4.79 Å². The fourth-order valence-corrected chi connectivity index (χ4v) is 3.07. The molecule has 2 rings (SSSR count). The Morgan fingerprint density at radius 3 is 2.95 bits per heavy atom. The summed E-state index contributed by atoms with van der Waals surface area (Å²) in [6, 6.07) is 5.85. The molecule has 0 radical (unpaired) electrons. The van der Waals surface area contributed by atoms with Crippen LogP contribution in [0.1, 0.15) is 24.8 Å². The summed E-state index contributed by atoms with van der Waals surface area (Å²) in [4.78, 5) is 14.2. The highest BCUT2D eigenvalue weighted by Crippen LogP contribution is 2.22. The quantitative estimate of drug-likeness (QED) is 0.926. The van der Waals surface area contributed by atoms with Gasteiger partial charge in [0, 0.05) is 35.6 Å². The van der Waals surface area contributed by atoms with Gasteiger partial charge in [0.15, 0.2) is 0 Å². The van der Waals surface area contributed by atoms with E-state index in [1.807, 2.05) is 24.1 Å². The third-order valence-corrected chi connectivity index (χ3v) is 4.39. The molecule has 0 aromatic heterocycles. The van der Waals surface area contributed by atoms with Crippen LogP contribution in [-0.4, -0.2) is 37.0 Å². The first-order valence-electron chi connectivity index (χ1n) is 6.99. The van der Waals surface area contributed by atoms with Gasteiger partial charge in [-0.25, -0.2) is 0 Å². The number of nitrogens with zero attached hydrogens (tertiary/aromatic N) is 1. The van der Waals surface area contributed by atoms with Crippen molar-refractivity contribution in [3.63, 3.8) is 0 Å². The van der Waals surface area contributed by atoms with E-state index < -0.39 is 0 Å². The van der Waals surface area contributed by atoms with Crippen molar-refractivity contribution in [2.45, 2.75) is 31.7 Å². The van der Waals surface area contributed by atoms with Crippen molar-refractivity contribution >= 4 is 29.1 Å². The fraction of sp³-hybridized carbons (Fsp3) is 0.533. The molecule has 1 aliphatic heterocycles. The monoisotopic (exact) mass is 314 g/mol. The van der Waals surface area contributed by atoms with Gasteiger partial charge in [0.1, 0.15) is 0 Å². The van der Waals surface area contributed by atoms with Gasteiger partial charge in [0.05, 0.1) is 0 Å². The third kappa shape index (κ3) is 4.11. The Hall–Kier alpha value is -0.770. The first-order chi connectivity index (χ1) is 9.60. The number of carbonyl (C=O) groups excluding carboxylic acids is 1. The average Bonchev–Trinajstić information content (AvgIpc) is 2.46. The van der Waals surface area contributed by atoms with Gasteiger partial charge < -0.3 is 10.2 Å². The zero-order chi connectivity index (χ0) is 14.5. The maximum Gasteiger partial charge on any atom is 0.222 e. The second-order valence-electron chi connectivity index (χ2n) is 5.20. The number of hydrogen-bond donors (Lipinski definition) is 1. The number of halogens is 2. The summed E-state index contributed by atoms with van der Waals surface area (Å²) in [5.41, 5.74) is 0.978. The third-order valence-electron chi connectivity index (χ3n) is 3.81. The lowest BCUT2D eigenvalue weighted by Gasteiger charge is -2.32. The largest absolute Gasteiger partial charge is 0.341 e. The molecule has 0 aliphatic carbocycles. The van der Waals surface area contributed by atoms with E-state index in [4.69, 9.17) is 23.2 Å². The van der Waals surface area contributed by atoms with E-state index in [1.54, 1.807) is 6.07 Å². The minimum Gasteiger partial charge on any atom is -0.341 e. The highest BCUT2D eigenvalue weighted by atomic mass is 35.5. The highest BCUT2D eigenvalue weighted by Gasteiger charge is 2.22. The highest BCUT2D eigenvalue weighted by molar-refractivity contribution is 6.35. The van der Waals surface area contributed by atoms with Crippen molar-refractivity contribution in [3.8, 4) is 0 Å². The molecular formula is C15H20Cl2N2O. The van der Waals surface area contributed by atoms with Crippen LogP contribution in [0, 0.1) is 0 Å². The van der Waals surface area contributed by atoms with Crippen LogP contribution in [0.2, 0.25) is 10.0 Å². The number of nitrogens with one attached hydrogen (secondary N) is 1. The van der Waals surface area contributed by atoms with E-state index in [0.29, 0.717) is 28.9 Å². The number of likely N-dealkylation sites (tertiary alicyclic amines) is 1. The molecule has 3 nitrogen and oxygen atoms in total. The molecule has 0 bridgehead atoms. The predicted molar refractivity (Wildman–Crippen MR) is 83.4 cm³/mol. The molecule has 0 saturated carbocycles. The number of likely N-dealkylation sites (N-methyl/N-ethyl adjacent to an activating group) is 1. The molecule has 1 saturated heterocycles. The van der Waals surface area contributed by atoms with Crippen LogP contribution < -0.4 is 5.32 Å². The minimum absolute atomic E-state index is 0.205. The van der Waals surface area contributed by atoms with Crippen molar-refractivity contribution in [3.05, 3.63) is 33.8 Å². The molecule has 1 aliphatic rings. The molecule has 1 fully saturated rings. The van der Waals surface area contributed by atoms with Gasteiger partial charge >= 0.3 is 0 Å². The van der Waals surface area contributed by atoms with Gasteiger partial charge in [0.25, 0.3) is 0 Å². The zero-order valence-corrected chi connectivity index (χ0v) is 13.2. The molecule has 110 valence electrons. The van der Waals surface area contributed by atoms with E-state index in [1.165, 1.54) is 0 Å². The van der Waals surface area contributed by atoms with Crippen molar-refractivity contribution in [2.75, 3.05) is 20.1 Å². The summed E-state index contributed by atoms with van der Waals surface area (Å²) in [7, 11) is 1.95. The molecule has 5 heteroatoms. The molecule has 1 amide bonds. The number of rotatable bonds is 4. The Labute approximate surface area is 130 Å². The van der Waals surface area contributed by atoms with E-state index in [2.05, 4.69) is 5.32 Å². The number of hydrogen-bond acceptors (Lipinski definition) is 2. The van der Waals surface area contributed by atoms with Gasteiger partial charge in [-0.15, -0.1) is 0 Å². The SMILES string of the molecule is CNC1CCCN(C(=O)CCc2ccc(Cl)cc2Cl)C1. The molecule has 1 unspecified atom stereocenters. The number of benzene rings is 1. The van der Waals surface area contributed by atoms with Gasteiger partial charge in [-0.05, 0) is 44.0 Å². The summed E-state index contributed by atoms with van der Waals surface area (Å²) in [6.07, 6.45) is 3.37. The van der Waals surface area contributed by atoms with Gasteiger partial charge in [0.2, 0.25) is 5.91 Å². The van der Waals surface area contributed by atoms with E-state index in [-0.39, 0.29) is 5.91 Å². The van der Waals surface area contributed by atoms with Gasteiger partial charge in [-0.3, -0.25) is 4.79 Å². The second-order valence-corrected chi connectivity index (χ2v) is 6.05. The average molecular weight is 315 g/mol. The first kappa shape index (κ1) is 15.6. The summed E-state index contributed by atoms with van der Waals surface area (Å²) in [5.74, 6) is 0.205. The normalized spacial score (nSPS) is 19.1. The number of piperidine rings is 1. The van der Waals surface area contributed by atoms with E-state index in [0.717, 1.165) is 31.5 Å². The summed E-state index contributed by atoms with van der Waals surface area (Å²) >= 11 is 12.0. The molecule has 0 spiro atoms. The lowest BCUT2D eigenvalue weighted by atomic mass is 10.0. The Morgan fingerprint density at radius 1 is 1.45 bits per heavy atom. The topological polar surface area (TPSA) is 32.3 Å². The molecular weight excluding hydrogens is 295 g/mol. The van der Waals surface area contributed by atoms with Crippen molar-refractivity contribution < 1.29 is 4.79 Å². The minimum atomic E-state index is 0.205. The first-order valence-corrected chi connectivity index (χ1v) is 7.74. The Balaban J connectivity index is 1.88. The van der Waals surface area contributed by atoms with Crippen LogP contribution in [0.25, 0.3) is 0 Å². The van der Waals surface area contributed by atoms with Crippen LogP contribution in [0.3, 0.4) is 0 Å². The van der Waals surface area contributed by atoms with Crippen molar-refractivity contribution in [1.82, 2.24) is 10.2 Å². The smallest absolute Gasteiger partial charge is 0.222 e. The van der Waals surface area contributed by atoms with E-state index >= 15 is 0 Å². The lowest BCUT2D eigenvalue weighted by Crippen LogP contribution is -2.47. The molecule has 1 aromatic carbocycles. The molecule has 1 heterocycles. The Bertz CT molecular complexity index is 479. The van der Waals surface area contributed by atoms with Crippen LogP contribution in [0.5, 0.6) is 0 Å². The molecule has 1 N–H and O–H groups in total. The Morgan fingerprint density at radius 2 is 2.25 bits per heavy atom. The van der Waals surface area contributed by atoms with Crippen LogP contribution in [-0.2, 0) is 11.2 Å². The number of aryl methyl sites for hydroxylation is 1. The lowest BCUT2D eigenvalue weighted by molar-refractivity contribution is -0.132. The Kier molecular flexibility index (Phi) is 5.70. The number of carbonyl (C=O) groups is 1. The molecule has 20 heavy (non-hydrogen) atoms. The van der Waals surface area contributed by atoms with Crippen molar-refractivity contribution in [1.29, 1.82) is 0 Å². The maximum atomic E-state index is 12.2. The van der Waals surface area contributed by atoms with Crippen LogP contribution >= 0.6 is 23.2 Å². The molecule has 1 aromatic rings. The second kappa shape index (κ2) is 7.30. The van der Waals surface area contributed by atoms with Crippen LogP contribution in [0.4, 0.5) is 0 Å². The van der Waals surface area contributed by atoms with Crippen LogP contribution in [0.15, 0.2) is 18.2 Å². The maximum absolute atomic E-state index is 12.2. The standard InChI is InChI=1S/C15H20Cl2N2O/c1-18-13-3-2-8-19(10-13)15(20)7-5-11-4-6-12(16)9-14(11)17/h4,6,9,13,18H,2-3,5,7-8,10H2,1H3. The van der Waals surface area contributed by atoms with Gasteiger partial charge in [-0.2, -0.15) is 0 Å². The zero-order valence-electron chi connectivity index (χ0n) is 11.7. The predicted octanol–water partition coefficient (Wildman–Crippen LogP) is 3.14. The van der Waals surface area contributed by atoms with Gasteiger partial charge in [-0.1, -0.05) is 29.3 Å². The number of amides is 1. The summed E-state index contributed by atoms with van der Waals surface area (Å²) in [5, 5.41) is 4.51. The van der Waals surface area contributed by atoms with Crippen molar-refractivity contribution in [2.24, 2.45) is 0 Å². The fourth-order valence-electron chi connectivity index (χ4n) is 2.56. The summed E-state index contributed by atoms with van der Waals surface area (Å²) in [6.45, 7) is 1.68. The molecule has 1 atom stereocenters. The summed E-state index contributed by atoms with van der Waals surface area (Å²) < 4.78 is 0.